The Bertz CT molecular complexity index is 1180. The van der Waals surface area contributed by atoms with E-state index in [9.17, 15) is 8.78 Å². The molecule has 0 fully saturated rings. The predicted molar refractivity (Wildman–Crippen MR) is 102 cm³/mol. The number of hydrogen-bond acceptors (Lipinski definition) is 7. The van der Waals surface area contributed by atoms with Crippen molar-refractivity contribution >= 4 is 22.7 Å². The van der Waals surface area contributed by atoms with Crippen molar-refractivity contribution in [3.8, 4) is 22.8 Å². The molecule has 4 aromatic rings. The van der Waals surface area contributed by atoms with Gasteiger partial charge >= 0.3 is 0 Å². The monoisotopic (exact) mass is 398 g/mol. The first-order valence-electron chi connectivity index (χ1n) is 8.50. The second-order valence-corrected chi connectivity index (χ2v) is 6.11. The maximum Gasteiger partial charge on any atom is 0.191 e. The van der Waals surface area contributed by atoms with E-state index in [1.54, 1.807) is 42.5 Å². The van der Waals surface area contributed by atoms with E-state index in [0.29, 0.717) is 16.9 Å². The number of nitrogens with zero attached hydrogens (tertiary/aromatic N) is 5. The number of benzene rings is 1. The molecule has 29 heavy (non-hydrogen) atoms. The van der Waals surface area contributed by atoms with Crippen molar-refractivity contribution in [2.24, 2.45) is 7.05 Å². The highest BCUT2D eigenvalue weighted by molar-refractivity contribution is 5.76. The van der Waals surface area contributed by atoms with Crippen molar-refractivity contribution in [2.75, 3.05) is 19.5 Å². The van der Waals surface area contributed by atoms with E-state index in [0.717, 1.165) is 11.6 Å². The van der Waals surface area contributed by atoms with Gasteiger partial charge in [0.05, 0.1) is 32.3 Å². The van der Waals surface area contributed by atoms with Crippen molar-refractivity contribution < 1.29 is 18.3 Å². The van der Waals surface area contributed by atoms with Crippen LogP contribution in [-0.2, 0) is 7.05 Å². The summed E-state index contributed by atoms with van der Waals surface area (Å²) in [7, 11) is 4.36. The fraction of sp³-hybridized carbons (Fsp3) is 0.158. The van der Waals surface area contributed by atoms with Crippen LogP contribution in [0.15, 0.2) is 36.8 Å². The Morgan fingerprint density at radius 2 is 1.72 bits per heavy atom. The Balaban J connectivity index is 1.75. The van der Waals surface area contributed by atoms with E-state index >= 15 is 0 Å². The Morgan fingerprint density at radius 3 is 2.34 bits per heavy atom. The van der Waals surface area contributed by atoms with Crippen molar-refractivity contribution in [1.82, 2.24) is 24.7 Å². The van der Waals surface area contributed by atoms with Gasteiger partial charge < -0.3 is 14.8 Å². The smallest absolute Gasteiger partial charge is 0.191 e. The van der Waals surface area contributed by atoms with Crippen LogP contribution in [0.25, 0.3) is 22.4 Å². The molecule has 0 aliphatic rings. The van der Waals surface area contributed by atoms with E-state index in [1.807, 2.05) is 0 Å². The molecule has 10 heteroatoms. The fourth-order valence-electron chi connectivity index (χ4n) is 2.78. The topological polar surface area (TPSA) is 87.0 Å². The molecular weight excluding hydrogens is 382 g/mol. The number of methoxy groups -OCH3 is 2. The van der Waals surface area contributed by atoms with E-state index in [4.69, 9.17) is 9.47 Å². The number of rotatable bonds is 5. The van der Waals surface area contributed by atoms with Crippen LogP contribution in [-0.4, -0.2) is 39.0 Å². The Kier molecular flexibility index (Phi) is 4.67. The minimum absolute atomic E-state index is 0.162. The molecule has 0 saturated heterocycles. The molecule has 0 aliphatic heterocycles. The lowest BCUT2D eigenvalue weighted by atomic mass is 10.2. The van der Waals surface area contributed by atoms with Gasteiger partial charge in [-0.15, -0.1) is 0 Å². The highest BCUT2D eigenvalue weighted by Crippen LogP contribution is 2.36. The van der Waals surface area contributed by atoms with E-state index in [1.165, 1.54) is 14.2 Å². The van der Waals surface area contributed by atoms with E-state index in [2.05, 4.69) is 25.4 Å². The molecule has 148 valence electrons. The van der Waals surface area contributed by atoms with Gasteiger partial charge in [-0.2, -0.15) is 5.10 Å². The average Bonchev–Trinajstić information content (AvgIpc) is 3.17. The molecule has 0 aliphatic carbocycles. The number of halogens is 2. The van der Waals surface area contributed by atoms with Gasteiger partial charge in [0.15, 0.2) is 28.8 Å². The molecule has 0 spiro atoms. The summed E-state index contributed by atoms with van der Waals surface area (Å²) in [5, 5.41) is 6.75. The van der Waals surface area contributed by atoms with Gasteiger partial charge in [0.2, 0.25) is 0 Å². The zero-order valence-corrected chi connectivity index (χ0v) is 15.8. The second-order valence-electron chi connectivity index (χ2n) is 6.11. The third-order valence-electron chi connectivity index (χ3n) is 4.23. The van der Waals surface area contributed by atoms with Crippen molar-refractivity contribution in [3.05, 3.63) is 48.4 Å². The standard InChI is InChI=1S/C19H16F2N6O2/c1-27-9-10(7-23-27)12-8-22-11-4-5-15(26-19(11)24-12)25-18-16(20)13(28-2)6-14(29-3)17(18)21/h4-9H,1-3H3,(H,24,25,26). The van der Waals surface area contributed by atoms with E-state index < -0.39 is 17.3 Å². The number of pyridine rings is 1. The zero-order chi connectivity index (χ0) is 20.5. The summed E-state index contributed by atoms with van der Waals surface area (Å²) in [6.45, 7) is 0. The molecule has 4 rings (SSSR count). The van der Waals surface area contributed by atoms with Crippen LogP contribution in [0.5, 0.6) is 11.5 Å². The van der Waals surface area contributed by atoms with Crippen molar-refractivity contribution in [3.63, 3.8) is 0 Å². The van der Waals surface area contributed by atoms with Crippen LogP contribution in [0.3, 0.4) is 0 Å². The van der Waals surface area contributed by atoms with Crippen LogP contribution in [0.2, 0.25) is 0 Å². The fourth-order valence-corrected chi connectivity index (χ4v) is 2.78. The molecule has 0 amide bonds. The van der Waals surface area contributed by atoms with Crippen LogP contribution in [0.4, 0.5) is 20.3 Å². The molecule has 1 aromatic carbocycles. The molecule has 0 atom stereocenters. The Hall–Kier alpha value is -3.82. The quantitative estimate of drug-likeness (QED) is 0.551. The molecule has 1 N–H and O–H groups in total. The summed E-state index contributed by atoms with van der Waals surface area (Å²) in [6.07, 6.45) is 5.07. The summed E-state index contributed by atoms with van der Waals surface area (Å²) in [6, 6.07) is 4.33. The van der Waals surface area contributed by atoms with Gasteiger partial charge in [-0.3, -0.25) is 9.67 Å². The van der Waals surface area contributed by atoms with E-state index in [-0.39, 0.29) is 17.3 Å². The molecule has 3 aromatic heterocycles. The Labute approximate surface area is 164 Å². The van der Waals surface area contributed by atoms with Gasteiger partial charge in [-0.25, -0.2) is 18.7 Å². The van der Waals surface area contributed by atoms with Crippen LogP contribution in [0.1, 0.15) is 0 Å². The van der Waals surface area contributed by atoms with Crippen LogP contribution >= 0.6 is 0 Å². The number of anilines is 2. The number of aryl methyl sites for hydroxylation is 1. The average molecular weight is 398 g/mol. The van der Waals surface area contributed by atoms with Gasteiger partial charge in [0.25, 0.3) is 0 Å². The third kappa shape index (κ3) is 3.40. The number of aromatic nitrogens is 5. The summed E-state index contributed by atoms with van der Waals surface area (Å²) >= 11 is 0. The summed E-state index contributed by atoms with van der Waals surface area (Å²) < 4.78 is 40.7. The first kappa shape index (κ1) is 18.5. The van der Waals surface area contributed by atoms with Crippen molar-refractivity contribution in [2.45, 2.75) is 0 Å². The number of fused-ring (bicyclic) bond motifs is 1. The molecule has 0 unspecified atom stereocenters. The normalized spacial score (nSPS) is 10.9. The largest absolute Gasteiger partial charge is 0.493 e. The predicted octanol–water partition coefficient (Wildman–Crippen LogP) is 3.46. The molecule has 3 heterocycles. The molecule has 0 bridgehead atoms. The number of ether oxygens (including phenoxy) is 2. The highest BCUT2D eigenvalue weighted by atomic mass is 19.1. The minimum atomic E-state index is -0.900. The first-order chi connectivity index (χ1) is 14.0. The molecule has 0 saturated carbocycles. The molecular formula is C19H16F2N6O2. The highest BCUT2D eigenvalue weighted by Gasteiger charge is 2.20. The van der Waals surface area contributed by atoms with Gasteiger partial charge in [0, 0.05) is 24.9 Å². The van der Waals surface area contributed by atoms with Crippen molar-refractivity contribution in [1.29, 1.82) is 0 Å². The molecule has 0 radical (unpaired) electrons. The minimum Gasteiger partial charge on any atom is -0.493 e. The zero-order valence-electron chi connectivity index (χ0n) is 15.8. The maximum atomic E-state index is 14.6. The summed E-state index contributed by atoms with van der Waals surface area (Å²) in [5.41, 5.74) is 1.76. The number of nitrogens with one attached hydrogen (secondary N) is 1. The van der Waals surface area contributed by atoms with Gasteiger partial charge in [-0.1, -0.05) is 0 Å². The second kappa shape index (κ2) is 7.30. The lowest BCUT2D eigenvalue weighted by molar-refractivity contribution is 0.360. The third-order valence-corrected chi connectivity index (χ3v) is 4.23. The van der Waals surface area contributed by atoms with Crippen LogP contribution in [0, 0.1) is 11.6 Å². The Morgan fingerprint density at radius 1 is 1.00 bits per heavy atom. The SMILES string of the molecule is COc1cc(OC)c(F)c(Nc2ccc3ncc(-c4cnn(C)c4)nc3n2)c1F. The summed E-state index contributed by atoms with van der Waals surface area (Å²) in [4.78, 5) is 13.1. The lowest BCUT2D eigenvalue weighted by Gasteiger charge is -2.14. The summed E-state index contributed by atoms with van der Waals surface area (Å²) in [5.74, 6) is -1.94. The number of hydrogen-bond donors (Lipinski definition) is 1. The first-order valence-corrected chi connectivity index (χ1v) is 8.50. The maximum absolute atomic E-state index is 14.6. The van der Waals surface area contributed by atoms with Crippen LogP contribution < -0.4 is 14.8 Å². The van der Waals surface area contributed by atoms with Gasteiger partial charge in [-0.05, 0) is 12.1 Å². The molecule has 8 nitrogen and oxygen atoms in total. The lowest BCUT2D eigenvalue weighted by Crippen LogP contribution is -2.04. The van der Waals surface area contributed by atoms with Gasteiger partial charge in [0.1, 0.15) is 17.0 Å².